The van der Waals surface area contributed by atoms with Crippen molar-refractivity contribution in [3.8, 4) is 11.4 Å². The molecule has 0 radical (unpaired) electrons. The van der Waals surface area contributed by atoms with Crippen LogP contribution in [-0.2, 0) is 0 Å². The third-order valence-electron chi connectivity index (χ3n) is 5.52. The number of carbonyl (C=O) groups is 2. The minimum atomic E-state index is -0.542. The van der Waals surface area contributed by atoms with Crippen LogP contribution in [0.15, 0.2) is 97.1 Å². The molecule has 8 heteroatoms. The Kier molecular flexibility index (Phi) is 5.60. The summed E-state index contributed by atoms with van der Waals surface area (Å²) in [7, 11) is 0. The highest BCUT2D eigenvalue weighted by Crippen LogP contribution is 2.24. The van der Waals surface area contributed by atoms with E-state index in [4.69, 9.17) is 0 Å². The number of non-ortho nitro benzene ring substituents is 1. The number of H-pyrrole nitrogens is 1. The Labute approximate surface area is 199 Å². The maximum absolute atomic E-state index is 12.7. The predicted octanol–water partition coefficient (Wildman–Crippen LogP) is 5.62. The minimum Gasteiger partial charge on any atom is -0.338 e. The molecular formula is C27H18N4O4. The quantitative estimate of drug-likeness (QED) is 0.193. The summed E-state index contributed by atoms with van der Waals surface area (Å²) in [6.07, 6.45) is 0. The normalized spacial score (nSPS) is 10.7. The molecular weight excluding hydrogens is 444 g/mol. The Balaban J connectivity index is 1.34. The van der Waals surface area contributed by atoms with Crippen molar-refractivity contribution in [2.45, 2.75) is 0 Å². The number of aromatic nitrogens is 2. The van der Waals surface area contributed by atoms with E-state index in [0.29, 0.717) is 22.6 Å². The van der Waals surface area contributed by atoms with E-state index in [1.165, 1.54) is 24.3 Å². The van der Waals surface area contributed by atoms with E-state index < -0.39 is 10.8 Å². The first kappa shape index (κ1) is 21.7. The van der Waals surface area contributed by atoms with Gasteiger partial charge in [0.15, 0.2) is 5.78 Å². The highest BCUT2D eigenvalue weighted by molar-refractivity contribution is 6.10. The number of aromatic amines is 1. The molecule has 4 aromatic carbocycles. The van der Waals surface area contributed by atoms with Gasteiger partial charge in [0.1, 0.15) is 5.82 Å². The monoisotopic (exact) mass is 462 g/mol. The van der Waals surface area contributed by atoms with Crippen LogP contribution in [0.25, 0.3) is 22.4 Å². The molecule has 8 nitrogen and oxygen atoms in total. The molecule has 0 aliphatic heterocycles. The topological polar surface area (TPSA) is 118 Å². The molecule has 0 saturated heterocycles. The third-order valence-corrected chi connectivity index (χ3v) is 5.52. The number of benzene rings is 4. The van der Waals surface area contributed by atoms with E-state index in [2.05, 4.69) is 15.3 Å². The number of carbonyl (C=O) groups excluding carboxylic acids is 2. The Morgan fingerprint density at radius 2 is 1.54 bits per heavy atom. The van der Waals surface area contributed by atoms with Gasteiger partial charge in [-0.05, 0) is 48.5 Å². The molecule has 0 aliphatic rings. The number of nitrogens with one attached hydrogen (secondary N) is 2. The summed E-state index contributed by atoms with van der Waals surface area (Å²) in [5.41, 5.74) is 4.04. The van der Waals surface area contributed by atoms with Crippen LogP contribution in [0.1, 0.15) is 26.3 Å². The molecule has 0 aliphatic carbocycles. The average molecular weight is 462 g/mol. The van der Waals surface area contributed by atoms with Crippen molar-refractivity contribution >= 4 is 34.1 Å². The van der Waals surface area contributed by atoms with E-state index in [0.717, 1.165) is 16.6 Å². The zero-order valence-corrected chi connectivity index (χ0v) is 18.3. The van der Waals surface area contributed by atoms with Crippen LogP contribution in [0.4, 0.5) is 11.4 Å². The number of anilines is 1. The molecule has 0 bridgehead atoms. The first-order chi connectivity index (χ1) is 17.0. The number of nitro benzene ring substituents is 1. The summed E-state index contributed by atoms with van der Waals surface area (Å²) in [4.78, 5) is 43.5. The maximum atomic E-state index is 12.7. The maximum Gasteiger partial charge on any atom is 0.270 e. The van der Waals surface area contributed by atoms with Crippen molar-refractivity contribution < 1.29 is 14.5 Å². The molecule has 0 unspecified atom stereocenters. The molecule has 0 atom stereocenters. The summed E-state index contributed by atoms with van der Waals surface area (Å²) in [5, 5.41) is 13.7. The number of hydrogen-bond donors (Lipinski definition) is 2. The van der Waals surface area contributed by atoms with Gasteiger partial charge < -0.3 is 10.3 Å². The van der Waals surface area contributed by atoms with Crippen LogP contribution in [0.3, 0.4) is 0 Å². The van der Waals surface area contributed by atoms with E-state index in [9.17, 15) is 19.7 Å². The summed E-state index contributed by atoms with van der Waals surface area (Å²) >= 11 is 0. The molecule has 170 valence electrons. The zero-order chi connectivity index (χ0) is 24.4. The van der Waals surface area contributed by atoms with Crippen molar-refractivity contribution in [3.05, 3.63) is 124 Å². The van der Waals surface area contributed by atoms with Gasteiger partial charge in [-0.25, -0.2) is 4.98 Å². The lowest BCUT2D eigenvalue weighted by Gasteiger charge is -2.06. The second-order valence-electron chi connectivity index (χ2n) is 7.85. The number of hydrogen-bond acceptors (Lipinski definition) is 5. The smallest absolute Gasteiger partial charge is 0.270 e. The number of nitrogens with zero attached hydrogens (tertiary/aromatic N) is 2. The van der Waals surface area contributed by atoms with E-state index in [1.54, 1.807) is 54.6 Å². The van der Waals surface area contributed by atoms with Gasteiger partial charge in [-0.3, -0.25) is 19.7 Å². The second-order valence-corrected chi connectivity index (χ2v) is 7.85. The number of fused-ring (bicyclic) bond motifs is 1. The highest BCUT2D eigenvalue weighted by Gasteiger charge is 2.13. The van der Waals surface area contributed by atoms with Crippen LogP contribution in [0.5, 0.6) is 0 Å². The Morgan fingerprint density at radius 1 is 0.800 bits per heavy atom. The molecule has 0 spiro atoms. The van der Waals surface area contributed by atoms with Crippen LogP contribution in [0, 0.1) is 10.1 Å². The third kappa shape index (κ3) is 4.53. The Bertz CT molecular complexity index is 1570. The largest absolute Gasteiger partial charge is 0.338 e. The molecule has 1 amide bonds. The average Bonchev–Trinajstić information content (AvgIpc) is 3.32. The van der Waals surface area contributed by atoms with E-state index in [1.807, 2.05) is 18.2 Å². The SMILES string of the molecule is O=C(Nc1ccc(-c2nc3ccc(C(=O)c4ccccc4)cc3[nH]2)cc1)c1cccc([N+](=O)[O-])c1. The molecule has 2 N–H and O–H groups in total. The van der Waals surface area contributed by atoms with Gasteiger partial charge in [0, 0.05) is 40.1 Å². The van der Waals surface area contributed by atoms with Crippen LogP contribution >= 0.6 is 0 Å². The minimum absolute atomic E-state index is 0.0625. The van der Waals surface area contributed by atoms with Gasteiger partial charge in [0.05, 0.1) is 16.0 Å². The summed E-state index contributed by atoms with van der Waals surface area (Å²) in [6, 6.07) is 27.0. The van der Waals surface area contributed by atoms with Crippen molar-refractivity contribution in [3.63, 3.8) is 0 Å². The molecule has 5 aromatic rings. The van der Waals surface area contributed by atoms with Crippen molar-refractivity contribution in [1.29, 1.82) is 0 Å². The molecule has 35 heavy (non-hydrogen) atoms. The Morgan fingerprint density at radius 3 is 2.29 bits per heavy atom. The van der Waals surface area contributed by atoms with Gasteiger partial charge in [-0.2, -0.15) is 0 Å². The number of rotatable bonds is 6. The van der Waals surface area contributed by atoms with Gasteiger partial charge in [0.25, 0.3) is 11.6 Å². The van der Waals surface area contributed by atoms with Crippen LogP contribution in [0.2, 0.25) is 0 Å². The fourth-order valence-corrected chi connectivity index (χ4v) is 3.72. The summed E-state index contributed by atoms with van der Waals surface area (Å²) in [6.45, 7) is 0. The molecule has 5 rings (SSSR count). The van der Waals surface area contributed by atoms with Crippen molar-refractivity contribution in [2.24, 2.45) is 0 Å². The van der Waals surface area contributed by atoms with Crippen LogP contribution in [-0.4, -0.2) is 26.6 Å². The van der Waals surface area contributed by atoms with Gasteiger partial charge in [-0.1, -0.05) is 36.4 Å². The summed E-state index contributed by atoms with van der Waals surface area (Å²) < 4.78 is 0. The van der Waals surface area contributed by atoms with Crippen LogP contribution < -0.4 is 5.32 Å². The number of amides is 1. The first-order valence-electron chi connectivity index (χ1n) is 10.7. The zero-order valence-electron chi connectivity index (χ0n) is 18.3. The lowest BCUT2D eigenvalue weighted by atomic mass is 10.0. The van der Waals surface area contributed by atoms with Crippen molar-refractivity contribution in [2.75, 3.05) is 5.32 Å². The fourth-order valence-electron chi connectivity index (χ4n) is 3.72. The molecule has 0 fully saturated rings. The second kappa shape index (κ2) is 9.03. The Hall–Kier alpha value is -5.11. The number of imidazole rings is 1. The van der Waals surface area contributed by atoms with Gasteiger partial charge >= 0.3 is 0 Å². The number of nitro groups is 1. The fraction of sp³-hybridized carbons (Fsp3) is 0. The summed E-state index contributed by atoms with van der Waals surface area (Å²) in [5.74, 6) is 0.120. The number of ketones is 1. The standard InChI is InChI=1S/C27H18N4O4/c32-25(17-5-2-1-3-6-17)19-11-14-23-24(16-19)30-26(29-23)18-9-12-21(13-10-18)28-27(33)20-7-4-8-22(15-20)31(34)35/h1-16H,(H,28,33)(H,29,30). The van der Waals surface area contributed by atoms with E-state index >= 15 is 0 Å². The van der Waals surface area contributed by atoms with Gasteiger partial charge in [0.2, 0.25) is 0 Å². The molecule has 0 saturated carbocycles. The molecule has 1 aromatic heterocycles. The van der Waals surface area contributed by atoms with E-state index in [-0.39, 0.29) is 17.0 Å². The van der Waals surface area contributed by atoms with Gasteiger partial charge in [-0.15, -0.1) is 0 Å². The molecule has 1 heterocycles. The highest BCUT2D eigenvalue weighted by atomic mass is 16.6. The predicted molar refractivity (Wildman–Crippen MR) is 132 cm³/mol. The first-order valence-corrected chi connectivity index (χ1v) is 10.7. The lowest BCUT2D eigenvalue weighted by molar-refractivity contribution is -0.384. The van der Waals surface area contributed by atoms with Crippen molar-refractivity contribution in [1.82, 2.24) is 9.97 Å². The lowest BCUT2D eigenvalue weighted by Crippen LogP contribution is -2.12.